The number of amides is 1. The van der Waals surface area contributed by atoms with Crippen LogP contribution in [0.3, 0.4) is 0 Å². The molecule has 0 spiro atoms. The Morgan fingerprint density at radius 1 is 1.59 bits per heavy atom. The van der Waals surface area contributed by atoms with Gasteiger partial charge in [-0.25, -0.2) is 0 Å². The quantitative estimate of drug-likeness (QED) is 0.563. The average Bonchev–Trinajstić information content (AvgIpc) is 2.32. The predicted octanol–water partition coefficient (Wildman–Crippen LogP) is 1.88. The third-order valence-corrected chi connectivity index (χ3v) is 4.34. The van der Waals surface area contributed by atoms with Crippen molar-refractivity contribution in [3.05, 3.63) is 24.3 Å². The van der Waals surface area contributed by atoms with Crippen molar-refractivity contribution >= 4 is 17.7 Å². The van der Waals surface area contributed by atoms with E-state index in [1.54, 1.807) is 23.9 Å². The molecule has 0 saturated heterocycles. The molecule has 1 rings (SSSR count). The molecule has 4 heteroatoms. The summed E-state index contributed by atoms with van der Waals surface area (Å²) >= 11 is 1.77. The lowest BCUT2D eigenvalue weighted by molar-refractivity contribution is -0.118. The first kappa shape index (κ1) is 14.3. The Hall–Kier alpha value is -0.740. The van der Waals surface area contributed by atoms with Crippen LogP contribution in [0.15, 0.2) is 24.3 Å². The number of aliphatic hydroxyl groups is 1. The molecular weight excluding hydrogens is 234 g/mol. The Balaban J connectivity index is 2.32. The van der Waals surface area contributed by atoms with Gasteiger partial charge in [-0.15, -0.1) is 0 Å². The van der Waals surface area contributed by atoms with Gasteiger partial charge >= 0.3 is 0 Å². The first-order valence-electron chi connectivity index (χ1n) is 6.03. The molecule has 96 valence electrons. The summed E-state index contributed by atoms with van der Waals surface area (Å²) in [5, 5.41) is 13.3. The molecule has 17 heavy (non-hydrogen) atoms. The molecular formula is C13H21NO2S. The van der Waals surface area contributed by atoms with Crippen LogP contribution in [0, 0.1) is 0 Å². The summed E-state index contributed by atoms with van der Waals surface area (Å²) in [4.78, 5) is 11.4. The van der Waals surface area contributed by atoms with E-state index in [4.69, 9.17) is 0 Å². The molecule has 1 aliphatic carbocycles. The minimum absolute atomic E-state index is 0.149. The molecule has 3 nitrogen and oxygen atoms in total. The first-order valence-corrected chi connectivity index (χ1v) is 7.08. The van der Waals surface area contributed by atoms with Crippen molar-refractivity contribution in [3.63, 3.8) is 0 Å². The molecule has 0 radical (unpaired) electrons. The van der Waals surface area contributed by atoms with Crippen molar-refractivity contribution in [3.8, 4) is 0 Å². The van der Waals surface area contributed by atoms with Crippen LogP contribution >= 0.6 is 11.8 Å². The second-order valence-electron chi connectivity index (χ2n) is 4.19. The number of carbonyl (C=O) groups is 1. The monoisotopic (exact) mass is 255 g/mol. The molecule has 1 amide bonds. The molecule has 1 fully saturated rings. The van der Waals surface area contributed by atoms with Crippen LogP contribution in [0.4, 0.5) is 0 Å². The highest BCUT2D eigenvalue weighted by atomic mass is 32.2. The van der Waals surface area contributed by atoms with E-state index in [1.807, 2.05) is 13.0 Å². The fourth-order valence-electron chi connectivity index (χ4n) is 1.79. The minimum Gasteiger partial charge on any atom is -0.387 e. The topological polar surface area (TPSA) is 49.3 Å². The SMILES string of the molecule is C/C=C/C=C/C(=O)NC[C@]1(O)CC[C@@H]1SCC. The lowest BCUT2D eigenvalue weighted by Gasteiger charge is -2.44. The number of hydrogen-bond donors (Lipinski definition) is 2. The van der Waals surface area contributed by atoms with Gasteiger partial charge in [-0.1, -0.05) is 25.2 Å². The summed E-state index contributed by atoms with van der Waals surface area (Å²) < 4.78 is 0. The van der Waals surface area contributed by atoms with Crippen molar-refractivity contribution < 1.29 is 9.90 Å². The van der Waals surface area contributed by atoms with Crippen LogP contribution in [-0.4, -0.2) is 34.2 Å². The van der Waals surface area contributed by atoms with Gasteiger partial charge < -0.3 is 10.4 Å². The van der Waals surface area contributed by atoms with E-state index in [-0.39, 0.29) is 11.2 Å². The zero-order chi connectivity index (χ0) is 12.7. The Bertz CT molecular complexity index is 315. The summed E-state index contributed by atoms with van der Waals surface area (Å²) in [6.07, 6.45) is 8.65. The predicted molar refractivity (Wildman–Crippen MR) is 73.1 cm³/mol. The number of thioether (sulfide) groups is 1. The summed E-state index contributed by atoms with van der Waals surface area (Å²) in [5.41, 5.74) is -0.704. The summed E-state index contributed by atoms with van der Waals surface area (Å²) in [7, 11) is 0. The van der Waals surface area contributed by atoms with Crippen LogP contribution in [-0.2, 0) is 4.79 Å². The van der Waals surface area contributed by atoms with E-state index < -0.39 is 5.60 Å². The molecule has 1 saturated carbocycles. The van der Waals surface area contributed by atoms with E-state index in [2.05, 4.69) is 12.2 Å². The van der Waals surface area contributed by atoms with Crippen molar-refractivity contribution in [1.29, 1.82) is 0 Å². The van der Waals surface area contributed by atoms with E-state index in [9.17, 15) is 9.90 Å². The Morgan fingerprint density at radius 2 is 2.35 bits per heavy atom. The molecule has 2 atom stereocenters. The van der Waals surface area contributed by atoms with Gasteiger partial charge in [0.2, 0.25) is 5.91 Å². The lowest BCUT2D eigenvalue weighted by Crippen LogP contribution is -2.56. The molecule has 0 aliphatic heterocycles. The molecule has 0 unspecified atom stereocenters. The van der Waals surface area contributed by atoms with Gasteiger partial charge in [-0.2, -0.15) is 11.8 Å². The second kappa shape index (κ2) is 6.87. The second-order valence-corrected chi connectivity index (χ2v) is 5.67. The van der Waals surface area contributed by atoms with Crippen LogP contribution in [0.5, 0.6) is 0 Å². The van der Waals surface area contributed by atoms with Gasteiger partial charge in [0, 0.05) is 17.9 Å². The standard InChI is InChI=1S/C13H21NO2S/c1-3-5-6-7-12(15)14-10-13(16)9-8-11(13)17-4-2/h3,5-7,11,16H,4,8-10H2,1-2H3,(H,14,15)/b5-3+,7-6+/t11-,13+/m0/s1. The Kier molecular flexibility index (Phi) is 5.78. The van der Waals surface area contributed by atoms with Crippen LogP contribution < -0.4 is 5.32 Å². The maximum absolute atomic E-state index is 11.4. The minimum atomic E-state index is -0.704. The van der Waals surface area contributed by atoms with Gasteiger partial charge in [-0.05, 0) is 25.5 Å². The Morgan fingerprint density at radius 3 is 2.88 bits per heavy atom. The molecule has 0 bridgehead atoms. The highest BCUT2D eigenvalue weighted by Crippen LogP contribution is 2.40. The van der Waals surface area contributed by atoms with Gasteiger partial charge in [0.25, 0.3) is 0 Å². The van der Waals surface area contributed by atoms with Crippen molar-refractivity contribution in [1.82, 2.24) is 5.32 Å². The zero-order valence-corrected chi connectivity index (χ0v) is 11.3. The van der Waals surface area contributed by atoms with E-state index in [0.29, 0.717) is 6.54 Å². The number of allylic oxidation sites excluding steroid dienone is 3. The highest BCUT2D eigenvalue weighted by molar-refractivity contribution is 8.00. The third kappa shape index (κ3) is 4.21. The molecule has 2 N–H and O–H groups in total. The van der Waals surface area contributed by atoms with Crippen LogP contribution in [0.1, 0.15) is 26.7 Å². The maximum Gasteiger partial charge on any atom is 0.244 e. The molecule has 0 heterocycles. The fraction of sp³-hybridized carbons (Fsp3) is 0.615. The number of hydrogen-bond acceptors (Lipinski definition) is 3. The first-order chi connectivity index (χ1) is 8.12. The van der Waals surface area contributed by atoms with Gasteiger partial charge in [0.1, 0.15) is 0 Å². The van der Waals surface area contributed by atoms with Gasteiger partial charge in [0.05, 0.1) is 5.60 Å². The molecule has 0 aromatic carbocycles. The Labute approximate surface area is 107 Å². The van der Waals surface area contributed by atoms with Crippen molar-refractivity contribution in [2.75, 3.05) is 12.3 Å². The molecule has 1 aliphatic rings. The fourth-order valence-corrected chi connectivity index (χ4v) is 2.99. The van der Waals surface area contributed by atoms with Crippen LogP contribution in [0.25, 0.3) is 0 Å². The van der Waals surface area contributed by atoms with Crippen molar-refractivity contribution in [2.24, 2.45) is 0 Å². The summed E-state index contributed by atoms with van der Waals surface area (Å²) in [5.74, 6) is 0.853. The largest absolute Gasteiger partial charge is 0.387 e. The van der Waals surface area contributed by atoms with Crippen molar-refractivity contribution in [2.45, 2.75) is 37.5 Å². The number of rotatable bonds is 6. The molecule has 0 aromatic heterocycles. The van der Waals surface area contributed by atoms with E-state index >= 15 is 0 Å². The third-order valence-electron chi connectivity index (χ3n) is 2.93. The van der Waals surface area contributed by atoms with Gasteiger partial charge in [0.15, 0.2) is 0 Å². The average molecular weight is 255 g/mol. The van der Waals surface area contributed by atoms with Crippen LogP contribution in [0.2, 0.25) is 0 Å². The zero-order valence-electron chi connectivity index (χ0n) is 10.5. The smallest absolute Gasteiger partial charge is 0.244 e. The summed E-state index contributed by atoms with van der Waals surface area (Å²) in [6.45, 7) is 4.33. The van der Waals surface area contributed by atoms with E-state index in [1.165, 1.54) is 6.08 Å². The lowest BCUT2D eigenvalue weighted by atomic mass is 9.79. The van der Waals surface area contributed by atoms with E-state index in [0.717, 1.165) is 18.6 Å². The summed E-state index contributed by atoms with van der Waals surface area (Å²) in [6, 6.07) is 0. The number of nitrogens with one attached hydrogen (secondary N) is 1. The maximum atomic E-state index is 11.4. The highest BCUT2D eigenvalue weighted by Gasteiger charge is 2.45. The number of carbonyl (C=O) groups excluding carboxylic acids is 1. The normalized spacial score (nSPS) is 28.5. The molecule has 0 aromatic rings. The van der Waals surface area contributed by atoms with Gasteiger partial charge in [-0.3, -0.25) is 4.79 Å².